The molecule has 36 heavy (non-hydrogen) atoms. The molecule has 12 nitrogen and oxygen atoms in total. The van der Waals surface area contributed by atoms with E-state index in [1.165, 1.54) is 17.0 Å². The summed E-state index contributed by atoms with van der Waals surface area (Å²) in [7, 11) is 0. The number of rotatable bonds is 12. The molecule has 0 aliphatic carbocycles. The second kappa shape index (κ2) is 12.9. The van der Waals surface area contributed by atoms with E-state index in [1.807, 2.05) is 6.92 Å². The Morgan fingerprint density at radius 2 is 1.72 bits per heavy atom. The summed E-state index contributed by atoms with van der Waals surface area (Å²) in [6.45, 7) is 3.84. The number of nitrogens with one attached hydrogen (secondary N) is 2. The molecule has 1 aliphatic rings. The summed E-state index contributed by atoms with van der Waals surface area (Å²) in [6, 6.07) is 1.31. The third kappa shape index (κ3) is 7.67. The topological polar surface area (TPSA) is 199 Å². The van der Waals surface area contributed by atoms with Crippen molar-refractivity contribution in [3.8, 4) is 5.75 Å². The highest BCUT2D eigenvalue weighted by atomic mass is 16.4. The van der Waals surface area contributed by atoms with Crippen LogP contribution in [-0.2, 0) is 30.4 Å². The molecule has 1 aliphatic heterocycles. The van der Waals surface area contributed by atoms with Crippen molar-refractivity contribution in [1.29, 1.82) is 0 Å². The molecule has 3 amide bonds. The summed E-state index contributed by atoms with van der Waals surface area (Å²) in [5.41, 5.74) is 6.23. The highest BCUT2D eigenvalue weighted by molar-refractivity contribution is 5.95. The molecule has 0 saturated carbocycles. The first-order valence-electron chi connectivity index (χ1n) is 11.8. The molecule has 1 fully saturated rings. The van der Waals surface area contributed by atoms with Crippen molar-refractivity contribution in [3.05, 3.63) is 29.8 Å². The van der Waals surface area contributed by atoms with Gasteiger partial charge in [0.15, 0.2) is 0 Å². The largest absolute Gasteiger partial charge is 0.508 e. The molecule has 5 unspecified atom stereocenters. The number of phenolic OH excluding ortho intramolecular Hbond substituents is 1. The maximum absolute atomic E-state index is 13.3. The van der Waals surface area contributed by atoms with Crippen LogP contribution in [0.2, 0.25) is 0 Å². The van der Waals surface area contributed by atoms with Gasteiger partial charge in [-0.2, -0.15) is 0 Å². The van der Waals surface area contributed by atoms with E-state index in [2.05, 4.69) is 10.6 Å². The van der Waals surface area contributed by atoms with Gasteiger partial charge in [-0.05, 0) is 36.5 Å². The zero-order valence-corrected chi connectivity index (χ0v) is 20.3. The van der Waals surface area contributed by atoms with Crippen LogP contribution in [0.15, 0.2) is 24.3 Å². The molecule has 12 heteroatoms. The highest BCUT2D eigenvalue weighted by Gasteiger charge is 2.40. The van der Waals surface area contributed by atoms with Crippen LogP contribution in [0, 0.1) is 5.92 Å². The van der Waals surface area contributed by atoms with Crippen LogP contribution < -0.4 is 16.4 Å². The lowest BCUT2D eigenvalue weighted by atomic mass is 9.96. The number of likely N-dealkylation sites (tertiary alicyclic amines) is 1. The molecule has 7 N–H and O–H groups in total. The highest BCUT2D eigenvalue weighted by Crippen LogP contribution is 2.21. The van der Waals surface area contributed by atoms with E-state index in [9.17, 15) is 34.2 Å². The average molecular weight is 507 g/mol. The number of amides is 3. The molecule has 1 heterocycles. The van der Waals surface area contributed by atoms with Crippen molar-refractivity contribution in [1.82, 2.24) is 15.5 Å². The summed E-state index contributed by atoms with van der Waals surface area (Å²) < 4.78 is 0. The number of hydrogen-bond acceptors (Lipinski definition) is 7. The van der Waals surface area contributed by atoms with E-state index in [0.717, 1.165) is 0 Å². The molecule has 1 aromatic rings. The number of carboxylic acids is 2. The third-order valence-corrected chi connectivity index (χ3v) is 6.34. The molecule has 5 atom stereocenters. The van der Waals surface area contributed by atoms with Crippen LogP contribution in [-0.4, -0.2) is 80.6 Å². The van der Waals surface area contributed by atoms with E-state index in [4.69, 9.17) is 10.8 Å². The monoisotopic (exact) mass is 506 g/mol. The zero-order chi connectivity index (χ0) is 27.0. The van der Waals surface area contributed by atoms with Crippen LogP contribution in [0.5, 0.6) is 5.75 Å². The molecular formula is C24H34N4O8. The predicted molar refractivity (Wildman–Crippen MR) is 128 cm³/mol. The Bertz CT molecular complexity index is 967. The summed E-state index contributed by atoms with van der Waals surface area (Å²) in [5, 5.41) is 33.1. The number of aromatic hydroxyl groups is 1. The Hall–Kier alpha value is -3.67. The van der Waals surface area contributed by atoms with Crippen molar-refractivity contribution in [2.24, 2.45) is 11.7 Å². The van der Waals surface area contributed by atoms with Crippen LogP contribution in [0.1, 0.15) is 45.1 Å². The maximum atomic E-state index is 13.3. The normalized spacial score (nSPS) is 18.5. The van der Waals surface area contributed by atoms with Gasteiger partial charge in [-0.3, -0.25) is 19.2 Å². The minimum atomic E-state index is -1.40. The average Bonchev–Trinajstić information content (AvgIpc) is 3.32. The predicted octanol–water partition coefficient (Wildman–Crippen LogP) is -0.172. The lowest BCUT2D eigenvalue weighted by molar-refractivity contribution is -0.150. The lowest BCUT2D eigenvalue weighted by Gasteiger charge is -2.31. The number of hydrogen-bond donors (Lipinski definition) is 6. The first-order valence-corrected chi connectivity index (χ1v) is 11.8. The van der Waals surface area contributed by atoms with Crippen molar-refractivity contribution in [3.63, 3.8) is 0 Å². The number of benzene rings is 1. The Morgan fingerprint density at radius 1 is 1.08 bits per heavy atom. The Morgan fingerprint density at radius 3 is 2.28 bits per heavy atom. The minimum absolute atomic E-state index is 0.00768. The number of carboxylic acid groups (broad SMARTS) is 2. The second-order valence-corrected chi connectivity index (χ2v) is 9.04. The van der Waals surface area contributed by atoms with Gasteiger partial charge in [0.05, 0.1) is 12.5 Å². The van der Waals surface area contributed by atoms with Crippen LogP contribution in [0.3, 0.4) is 0 Å². The summed E-state index contributed by atoms with van der Waals surface area (Å²) >= 11 is 0. The van der Waals surface area contributed by atoms with Gasteiger partial charge in [-0.1, -0.05) is 32.4 Å². The SMILES string of the molecule is CCC(C)C(NC(=O)C(Cc1ccc(O)cc1)NC(=O)C(N)CC(=O)O)C(=O)N1CCCC1C(=O)O. The van der Waals surface area contributed by atoms with Gasteiger partial charge in [0.2, 0.25) is 17.7 Å². The van der Waals surface area contributed by atoms with Crippen molar-refractivity contribution >= 4 is 29.7 Å². The van der Waals surface area contributed by atoms with Gasteiger partial charge in [-0.15, -0.1) is 0 Å². The molecule has 2 rings (SSSR count). The summed E-state index contributed by atoms with van der Waals surface area (Å²) in [6.07, 6.45) is 0.703. The number of nitrogens with two attached hydrogens (primary N) is 1. The van der Waals surface area contributed by atoms with E-state index in [0.29, 0.717) is 24.8 Å². The fourth-order valence-corrected chi connectivity index (χ4v) is 4.04. The molecule has 1 saturated heterocycles. The first kappa shape index (κ1) is 28.6. The standard InChI is InChI=1S/C24H34N4O8/c1-3-13(2)20(23(34)28-10-4-5-18(28)24(35)36)27-22(33)17(11-14-6-8-15(29)9-7-14)26-21(32)16(25)12-19(30)31/h6-9,13,16-18,20,29H,3-5,10-12,25H2,1-2H3,(H,26,32)(H,27,33)(H,30,31)(H,35,36). The van der Waals surface area contributed by atoms with E-state index in [-0.39, 0.29) is 24.6 Å². The van der Waals surface area contributed by atoms with Gasteiger partial charge >= 0.3 is 11.9 Å². The second-order valence-electron chi connectivity index (χ2n) is 9.04. The quantitative estimate of drug-likeness (QED) is 0.223. The third-order valence-electron chi connectivity index (χ3n) is 6.34. The van der Waals surface area contributed by atoms with Crippen LogP contribution >= 0.6 is 0 Å². The summed E-state index contributed by atoms with van der Waals surface area (Å²) in [4.78, 5) is 63.0. The molecule has 0 bridgehead atoms. The van der Waals surface area contributed by atoms with E-state index < -0.39 is 60.2 Å². The van der Waals surface area contributed by atoms with Crippen molar-refractivity contribution in [2.45, 2.75) is 70.1 Å². The molecular weight excluding hydrogens is 472 g/mol. The molecule has 0 spiro atoms. The number of nitrogens with zero attached hydrogens (tertiary/aromatic N) is 1. The van der Waals surface area contributed by atoms with Gasteiger partial charge in [0, 0.05) is 13.0 Å². The van der Waals surface area contributed by atoms with Gasteiger partial charge in [0.25, 0.3) is 0 Å². The Labute approximate surface area is 208 Å². The smallest absolute Gasteiger partial charge is 0.326 e. The Kier molecular flexibility index (Phi) is 10.2. The van der Waals surface area contributed by atoms with Crippen molar-refractivity contribution in [2.75, 3.05) is 6.54 Å². The maximum Gasteiger partial charge on any atom is 0.326 e. The number of phenols is 1. The van der Waals surface area contributed by atoms with Crippen LogP contribution in [0.25, 0.3) is 0 Å². The van der Waals surface area contributed by atoms with Crippen molar-refractivity contribution < 1.29 is 39.3 Å². The number of carbonyl (C=O) groups excluding carboxylic acids is 3. The zero-order valence-electron chi connectivity index (χ0n) is 20.3. The van der Waals surface area contributed by atoms with Gasteiger partial charge in [0.1, 0.15) is 23.9 Å². The first-order chi connectivity index (χ1) is 16.9. The van der Waals surface area contributed by atoms with Gasteiger partial charge in [-0.25, -0.2) is 4.79 Å². The Balaban J connectivity index is 2.27. The molecule has 198 valence electrons. The molecule has 0 radical (unpaired) electrons. The van der Waals surface area contributed by atoms with E-state index in [1.54, 1.807) is 19.1 Å². The molecule has 0 aromatic heterocycles. The van der Waals surface area contributed by atoms with Gasteiger partial charge < -0.3 is 36.6 Å². The minimum Gasteiger partial charge on any atom is -0.508 e. The lowest BCUT2D eigenvalue weighted by Crippen LogP contribution is -2.59. The number of aliphatic carboxylic acids is 2. The summed E-state index contributed by atoms with van der Waals surface area (Å²) in [5.74, 6) is -4.79. The fraction of sp³-hybridized carbons (Fsp3) is 0.542. The fourth-order valence-electron chi connectivity index (χ4n) is 4.04. The van der Waals surface area contributed by atoms with E-state index >= 15 is 0 Å². The van der Waals surface area contributed by atoms with Crippen LogP contribution in [0.4, 0.5) is 0 Å². The molecule has 1 aromatic carbocycles. The number of carbonyl (C=O) groups is 5.